The SMILES string of the molecule is CCCc1c(OCC(O)COc2cccc(NC(=O)C(=O)O)c2C#N)ccc(C(C)=O)c1O.[NaH]. The van der Waals surface area contributed by atoms with E-state index in [9.17, 15) is 29.9 Å². The zero-order valence-electron chi connectivity index (χ0n) is 18.1. The minimum atomic E-state index is -1.71. The third-order valence-electron chi connectivity index (χ3n) is 4.56. The van der Waals surface area contributed by atoms with Crippen molar-refractivity contribution >= 4 is 52.9 Å². The quantitative estimate of drug-likeness (QED) is 0.224. The summed E-state index contributed by atoms with van der Waals surface area (Å²) < 4.78 is 11.1. The number of aromatic hydroxyl groups is 1. The van der Waals surface area contributed by atoms with E-state index < -0.39 is 18.0 Å². The van der Waals surface area contributed by atoms with Gasteiger partial charge in [0.2, 0.25) is 0 Å². The molecule has 2 rings (SSSR count). The van der Waals surface area contributed by atoms with Crippen LogP contribution in [0.3, 0.4) is 0 Å². The van der Waals surface area contributed by atoms with Crippen molar-refractivity contribution < 1.29 is 39.2 Å². The van der Waals surface area contributed by atoms with Gasteiger partial charge < -0.3 is 30.1 Å². The summed E-state index contributed by atoms with van der Waals surface area (Å²) in [6, 6.07) is 9.06. The molecular formula is C23H25N2NaO8. The zero-order chi connectivity index (χ0) is 24.5. The van der Waals surface area contributed by atoms with Crippen LogP contribution >= 0.6 is 0 Å². The van der Waals surface area contributed by atoms with Crippen LogP contribution in [-0.2, 0) is 16.0 Å². The first-order valence-corrected chi connectivity index (χ1v) is 10.1. The molecule has 1 amide bonds. The molecule has 0 radical (unpaired) electrons. The number of phenols is 1. The van der Waals surface area contributed by atoms with E-state index in [4.69, 9.17) is 14.6 Å². The number of nitriles is 1. The fourth-order valence-corrected chi connectivity index (χ4v) is 3.00. The fourth-order valence-electron chi connectivity index (χ4n) is 3.00. The van der Waals surface area contributed by atoms with Gasteiger partial charge in [-0.05, 0) is 37.6 Å². The van der Waals surface area contributed by atoms with Gasteiger partial charge >= 0.3 is 41.4 Å². The molecule has 0 spiro atoms. The van der Waals surface area contributed by atoms with Gasteiger partial charge in [0.25, 0.3) is 0 Å². The van der Waals surface area contributed by atoms with Crippen molar-refractivity contribution in [3.05, 3.63) is 47.0 Å². The zero-order valence-corrected chi connectivity index (χ0v) is 18.1. The number of aliphatic hydroxyl groups excluding tert-OH is 1. The van der Waals surface area contributed by atoms with Crippen LogP contribution in [0.15, 0.2) is 30.3 Å². The predicted molar refractivity (Wildman–Crippen MR) is 124 cm³/mol. The van der Waals surface area contributed by atoms with E-state index in [1.807, 2.05) is 13.0 Å². The maximum atomic E-state index is 11.7. The molecule has 0 aliphatic carbocycles. The standard InChI is InChI=1S/C23H24N2O8.Na.H/c1-3-5-16-20(9-8-15(13(2)26)21(16)28)33-12-14(27)11-32-19-7-4-6-18(17(19)10-24)25-22(29)23(30)31;;/h4,6-9,14,27-28H,3,5,11-12H2,1-2H3,(H,25,29)(H,30,31);;. The average Bonchev–Trinajstić information content (AvgIpc) is 2.77. The number of hydrogen-bond acceptors (Lipinski definition) is 8. The molecule has 1 unspecified atom stereocenters. The molecule has 176 valence electrons. The van der Waals surface area contributed by atoms with E-state index in [2.05, 4.69) is 5.32 Å². The van der Waals surface area contributed by atoms with Crippen molar-refractivity contribution in [2.75, 3.05) is 18.5 Å². The summed E-state index contributed by atoms with van der Waals surface area (Å²) in [7, 11) is 0. The Hall–Kier alpha value is -3.10. The second-order valence-corrected chi connectivity index (χ2v) is 7.07. The summed E-state index contributed by atoms with van der Waals surface area (Å²) in [6.45, 7) is 2.79. The number of nitrogens with zero attached hydrogens (tertiary/aromatic N) is 1. The molecule has 0 saturated heterocycles. The first kappa shape index (κ1) is 28.9. The van der Waals surface area contributed by atoms with Crippen LogP contribution < -0.4 is 14.8 Å². The van der Waals surface area contributed by atoms with Gasteiger partial charge in [-0.15, -0.1) is 0 Å². The number of carbonyl (C=O) groups is 3. The molecule has 2 aromatic rings. The van der Waals surface area contributed by atoms with Gasteiger partial charge in [-0.25, -0.2) is 4.79 Å². The van der Waals surface area contributed by atoms with Crippen molar-refractivity contribution in [2.24, 2.45) is 0 Å². The molecular weight excluding hydrogens is 455 g/mol. The number of Topliss-reactive ketones (excluding diaryl/α,β-unsaturated/α-hetero) is 1. The van der Waals surface area contributed by atoms with Gasteiger partial charge in [0.15, 0.2) is 5.78 Å². The molecule has 4 N–H and O–H groups in total. The van der Waals surface area contributed by atoms with Crippen LogP contribution in [0.4, 0.5) is 5.69 Å². The molecule has 34 heavy (non-hydrogen) atoms. The number of nitrogens with one attached hydrogen (secondary N) is 1. The van der Waals surface area contributed by atoms with Crippen molar-refractivity contribution in [1.82, 2.24) is 0 Å². The molecule has 0 aliphatic heterocycles. The number of ether oxygens (including phenoxy) is 2. The van der Waals surface area contributed by atoms with E-state index in [1.165, 1.54) is 31.2 Å². The van der Waals surface area contributed by atoms with E-state index in [1.54, 1.807) is 6.07 Å². The predicted octanol–water partition coefficient (Wildman–Crippen LogP) is 1.61. The number of ketones is 1. The summed E-state index contributed by atoms with van der Waals surface area (Å²) in [4.78, 5) is 33.8. The molecule has 0 aromatic heterocycles. The van der Waals surface area contributed by atoms with Gasteiger partial charge in [-0.1, -0.05) is 19.4 Å². The van der Waals surface area contributed by atoms with Gasteiger partial charge in [-0.3, -0.25) is 9.59 Å². The fraction of sp³-hybridized carbons (Fsp3) is 0.304. The number of carbonyl (C=O) groups excluding carboxylic acids is 2. The summed E-state index contributed by atoms with van der Waals surface area (Å²) in [5, 5.41) is 40.8. The topological polar surface area (TPSA) is 166 Å². The third-order valence-corrected chi connectivity index (χ3v) is 4.56. The molecule has 11 heteroatoms. The van der Waals surface area contributed by atoms with E-state index in [0.29, 0.717) is 24.2 Å². The van der Waals surface area contributed by atoms with Gasteiger partial charge in [0.1, 0.15) is 48.2 Å². The molecule has 10 nitrogen and oxygen atoms in total. The number of aliphatic hydroxyl groups is 1. The summed E-state index contributed by atoms with van der Waals surface area (Å²) >= 11 is 0. The minimum absolute atomic E-state index is 0. The van der Waals surface area contributed by atoms with Crippen LogP contribution in [0.25, 0.3) is 0 Å². The van der Waals surface area contributed by atoms with Gasteiger partial charge in [-0.2, -0.15) is 5.26 Å². The Morgan fingerprint density at radius 1 is 1.12 bits per heavy atom. The van der Waals surface area contributed by atoms with Crippen LogP contribution in [0, 0.1) is 11.3 Å². The van der Waals surface area contributed by atoms with Crippen LogP contribution in [0.2, 0.25) is 0 Å². The number of amides is 1. The Kier molecular flexibility index (Phi) is 11.5. The Bertz CT molecular complexity index is 1100. The van der Waals surface area contributed by atoms with Crippen LogP contribution in [0.1, 0.15) is 41.8 Å². The first-order chi connectivity index (χ1) is 15.7. The van der Waals surface area contributed by atoms with Crippen molar-refractivity contribution in [2.45, 2.75) is 32.8 Å². The van der Waals surface area contributed by atoms with Gasteiger partial charge in [0.05, 0.1) is 11.3 Å². The number of carboxylic acids is 1. The average molecular weight is 480 g/mol. The first-order valence-electron chi connectivity index (χ1n) is 10.1. The number of anilines is 1. The Morgan fingerprint density at radius 3 is 2.32 bits per heavy atom. The molecule has 2 aromatic carbocycles. The van der Waals surface area contributed by atoms with Crippen molar-refractivity contribution in [1.29, 1.82) is 5.26 Å². The Morgan fingerprint density at radius 2 is 1.76 bits per heavy atom. The molecule has 0 saturated carbocycles. The van der Waals surface area contributed by atoms with E-state index in [0.717, 1.165) is 0 Å². The Balaban J connectivity index is 0.00000578. The molecule has 0 fully saturated rings. The molecule has 1 atom stereocenters. The number of aliphatic carboxylic acids is 1. The van der Waals surface area contributed by atoms with Crippen LogP contribution in [0.5, 0.6) is 17.2 Å². The van der Waals surface area contributed by atoms with Crippen LogP contribution in [-0.4, -0.2) is 81.9 Å². The monoisotopic (exact) mass is 480 g/mol. The molecule has 0 aliphatic rings. The number of carboxylic acid groups (broad SMARTS) is 1. The second-order valence-electron chi connectivity index (χ2n) is 7.07. The molecule has 0 heterocycles. The summed E-state index contributed by atoms with van der Waals surface area (Å²) in [5.74, 6) is -3.07. The number of benzene rings is 2. The number of rotatable bonds is 10. The summed E-state index contributed by atoms with van der Waals surface area (Å²) in [6.07, 6.45) is 0.0377. The third kappa shape index (κ3) is 7.46. The maximum absolute atomic E-state index is 11.7. The van der Waals surface area contributed by atoms with Gasteiger partial charge in [0, 0.05) is 5.56 Å². The van der Waals surface area contributed by atoms with E-state index >= 15 is 0 Å². The van der Waals surface area contributed by atoms with Crippen molar-refractivity contribution in [3.8, 4) is 23.3 Å². The molecule has 0 bridgehead atoms. The summed E-state index contributed by atoms with van der Waals surface area (Å²) in [5.41, 5.74) is 0.508. The normalized spacial score (nSPS) is 10.9. The Labute approximate surface area is 218 Å². The van der Waals surface area contributed by atoms with E-state index in [-0.39, 0.29) is 76.9 Å². The number of phenolic OH excluding ortho intramolecular Hbond substituents is 1. The number of hydrogen-bond donors (Lipinski definition) is 4. The van der Waals surface area contributed by atoms with Crippen molar-refractivity contribution in [3.63, 3.8) is 0 Å². The second kappa shape index (κ2) is 13.6.